The third-order valence-corrected chi connectivity index (χ3v) is 10.6. The fourth-order valence-corrected chi connectivity index (χ4v) is 6.89. The van der Waals surface area contributed by atoms with Crippen molar-refractivity contribution in [3.8, 4) is 0 Å². The Balaban J connectivity index is 1.85. The molecule has 2 fully saturated rings. The smallest absolute Gasteiger partial charge is 0.306 e. The number of aliphatic hydroxyl groups excluding tert-OH is 7. The quantitative estimate of drug-likeness (QED) is 0.0251. The summed E-state index contributed by atoms with van der Waals surface area (Å²) in [7, 11) is 0. The lowest BCUT2D eigenvalue weighted by atomic mass is 9.98. The molecule has 0 bridgehead atoms. The van der Waals surface area contributed by atoms with Crippen LogP contribution >= 0.6 is 0 Å². The van der Waals surface area contributed by atoms with Crippen LogP contribution < -0.4 is 0 Å². The predicted molar refractivity (Wildman–Crippen MR) is 229 cm³/mol. The number of hydrogen-bond donors (Lipinski definition) is 7. The number of ether oxygens (including phenoxy) is 6. The van der Waals surface area contributed by atoms with Crippen molar-refractivity contribution in [1.29, 1.82) is 0 Å². The third-order valence-electron chi connectivity index (χ3n) is 10.6. The molecule has 2 heterocycles. The lowest BCUT2D eigenvalue weighted by Crippen LogP contribution is -2.61. The number of allylic oxidation sites excluding steroid dienone is 8. The minimum Gasteiger partial charge on any atom is -0.457 e. The van der Waals surface area contributed by atoms with Crippen LogP contribution in [-0.2, 0) is 33.2 Å². The van der Waals surface area contributed by atoms with Gasteiger partial charge in [-0.1, -0.05) is 140 Å². The van der Waals surface area contributed by atoms with Gasteiger partial charge in [0, 0.05) is 13.0 Å². The fraction of sp³-hybridized carbons (Fsp3) is 0.804. The van der Waals surface area contributed by atoms with Crippen LogP contribution in [0.2, 0.25) is 0 Å². The molecule has 11 atom stereocenters. The highest BCUT2D eigenvalue weighted by Crippen LogP contribution is 2.26. The van der Waals surface area contributed by atoms with E-state index in [9.17, 15) is 40.5 Å². The van der Waals surface area contributed by atoms with Gasteiger partial charge in [0.25, 0.3) is 0 Å². The van der Waals surface area contributed by atoms with Gasteiger partial charge >= 0.3 is 5.97 Å². The van der Waals surface area contributed by atoms with Crippen LogP contribution in [0.5, 0.6) is 0 Å². The van der Waals surface area contributed by atoms with E-state index < -0.39 is 86.7 Å². The first-order chi connectivity index (χ1) is 29.1. The molecule has 0 aromatic rings. The second-order valence-corrected chi connectivity index (χ2v) is 15.8. The summed E-state index contributed by atoms with van der Waals surface area (Å²) in [6, 6.07) is 0. The van der Waals surface area contributed by atoms with Gasteiger partial charge < -0.3 is 64.2 Å². The van der Waals surface area contributed by atoms with Crippen molar-refractivity contribution in [2.24, 2.45) is 0 Å². The first kappa shape index (κ1) is 54.1. The summed E-state index contributed by atoms with van der Waals surface area (Å²) in [6.45, 7) is 3.45. The van der Waals surface area contributed by atoms with Crippen molar-refractivity contribution >= 4 is 5.97 Å². The van der Waals surface area contributed by atoms with Crippen LogP contribution in [0.4, 0.5) is 0 Å². The molecule has 60 heavy (non-hydrogen) atoms. The Morgan fingerprint density at radius 3 is 1.60 bits per heavy atom. The molecule has 2 aliphatic heterocycles. The predicted octanol–water partition coefficient (Wildman–Crippen LogP) is 5.23. The molecule has 0 aromatic heterocycles. The maximum Gasteiger partial charge on any atom is 0.306 e. The van der Waals surface area contributed by atoms with Gasteiger partial charge in [0.15, 0.2) is 12.6 Å². The molecule has 11 unspecified atom stereocenters. The lowest BCUT2D eigenvalue weighted by Gasteiger charge is -2.42. The number of unbranched alkanes of at least 4 members (excludes halogenated alkanes) is 12. The molecule has 0 amide bonds. The highest BCUT2D eigenvalue weighted by molar-refractivity contribution is 5.69. The molecule has 7 N–H and O–H groups in total. The van der Waals surface area contributed by atoms with Crippen LogP contribution in [0.3, 0.4) is 0 Å². The molecule has 2 rings (SSSR count). The normalized spacial score (nSPS) is 28.1. The standard InChI is InChI=1S/C46H80O14/c1-3-5-7-9-11-13-15-17-19-21-23-25-27-29-38(48)58-35(32-55-30-28-26-24-22-20-18-16-14-12-10-8-6-4-2)33-56-45-44(54)42(52)40(50)37(60-45)34-57-46-43(53)41(51)39(49)36(31-47)59-46/h5,7,11,13,17,19,23,25,35-37,39-47,49-54H,3-4,6,8-10,12,14-16,18,20-22,24,26-34H2,1-2H3/b7-5-,13-11-,19-17-,25-23-. The van der Waals surface area contributed by atoms with E-state index in [-0.39, 0.29) is 19.6 Å². The summed E-state index contributed by atoms with van der Waals surface area (Å²) in [5.74, 6) is -0.456. The number of hydrogen-bond acceptors (Lipinski definition) is 14. The molecule has 0 aromatic carbocycles. The summed E-state index contributed by atoms with van der Waals surface area (Å²) in [5, 5.41) is 71.9. The SMILES string of the molecule is CC/C=C\C/C=C\C/C=C\C/C=C\CCC(=O)OC(COCCCCCCCCCCCCCCC)COC1OC(COC2OC(CO)C(O)C(O)C2O)C(O)C(O)C1O. The zero-order valence-corrected chi connectivity index (χ0v) is 36.4. The summed E-state index contributed by atoms with van der Waals surface area (Å²) >= 11 is 0. The minimum atomic E-state index is -1.72. The second-order valence-electron chi connectivity index (χ2n) is 15.8. The van der Waals surface area contributed by atoms with Crippen LogP contribution in [0.25, 0.3) is 0 Å². The maximum absolute atomic E-state index is 12.9. The Bertz CT molecular complexity index is 1180. The largest absolute Gasteiger partial charge is 0.457 e. The zero-order chi connectivity index (χ0) is 43.8. The van der Waals surface area contributed by atoms with Crippen molar-refractivity contribution < 1.29 is 69.0 Å². The molecule has 2 aliphatic rings. The minimum absolute atomic E-state index is 0.0333. The van der Waals surface area contributed by atoms with Gasteiger partial charge in [-0.25, -0.2) is 0 Å². The number of aliphatic hydroxyl groups is 7. The summed E-state index contributed by atoms with van der Waals surface area (Å²) in [4.78, 5) is 12.9. The van der Waals surface area contributed by atoms with Crippen molar-refractivity contribution in [3.63, 3.8) is 0 Å². The number of esters is 1. The van der Waals surface area contributed by atoms with Gasteiger partial charge in [-0.05, 0) is 38.5 Å². The van der Waals surface area contributed by atoms with Crippen molar-refractivity contribution in [2.75, 3.05) is 33.0 Å². The Morgan fingerprint density at radius 2 is 1.05 bits per heavy atom. The average molecular weight is 857 g/mol. The molecular weight excluding hydrogens is 776 g/mol. The molecule has 14 nitrogen and oxygen atoms in total. The van der Waals surface area contributed by atoms with Gasteiger partial charge in [0.05, 0.1) is 26.4 Å². The Hall–Kier alpha value is -2.05. The third kappa shape index (κ3) is 22.9. The molecule has 348 valence electrons. The second kappa shape index (κ2) is 34.4. The van der Waals surface area contributed by atoms with E-state index >= 15 is 0 Å². The monoisotopic (exact) mass is 857 g/mol. The molecule has 0 radical (unpaired) electrons. The van der Waals surface area contributed by atoms with Crippen LogP contribution in [0.15, 0.2) is 48.6 Å². The van der Waals surface area contributed by atoms with Crippen molar-refractivity contribution in [2.45, 2.75) is 203 Å². The number of carbonyl (C=O) groups is 1. The lowest BCUT2D eigenvalue weighted by molar-refractivity contribution is -0.332. The van der Waals surface area contributed by atoms with E-state index in [1.807, 2.05) is 12.2 Å². The first-order valence-corrected chi connectivity index (χ1v) is 22.7. The molecule has 14 heteroatoms. The zero-order valence-electron chi connectivity index (χ0n) is 36.4. The highest BCUT2D eigenvalue weighted by atomic mass is 16.7. The maximum atomic E-state index is 12.9. The van der Waals surface area contributed by atoms with E-state index in [0.29, 0.717) is 13.0 Å². The number of carbonyl (C=O) groups excluding carboxylic acids is 1. The van der Waals surface area contributed by atoms with Gasteiger partial charge in [-0.15, -0.1) is 0 Å². The molecule has 2 saturated heterocycles. The van der Waals surface area contributed by atoms with Crippen LogP contribution in [0.1, 0.15) is 136 Å². The van der Waals surface area contributed by atoms with Crippen molar-refractivity contribution in [1.82, 2.24) is 0 Å². The summed E-state index contributed by atoms with van der Waals surface area (Å²) in [5.41, 5.74) is 0. The van der Waals surface area contributed by atoms with E-state index in [1.54, 1.807) is 0 Å². The van der Waals surface area contributed by atoms with E-state index in [1.165, 1.54) is 64.2 Å². The Kier molecular flexibility index (Phi) is 31.0. The van der Waals surface area contributed by atoms with Crippen molar-refractivity contribution in [3.05, 3.63) is 48.6 Å². The first-order valence-electron chi connectivity index (χ1n) is 22.7. The molecule has 0 saturated carbocycles. The summed E-state index contributed by atoms with van der Waals surface area (Å²) < 4.78 is 34.0. The fourth-order valence-electron chi connectivity index (χ4n) is 6.89. The van der Waals surface area contributed by atoms with Crippen LogP contribution in [-0.4, -0.2) is 142 Å². The van der Waals surface area contributed by atoms with E-state index in [4.69, 9.17) is 28.4 Å². The Labute approximate surface area is 359 Å². The van der Waals surface area contributed by atoms with Gasteiger partial charge in [-0.3, -0.25) is 4.79 Å². The van der Waals surface area contributed by atoms with Gasteiger partial charge in [0.1, 0.15) is 54.9 Å². The van der Waals surface area contributed by atoms with E-state index in [2.05, 4.69) is 50.3 Å². The average Bonchev–Trinajstić information content (AvgIpc) is 3.24. The Morgan fingerprint density at radius 1 is 0.567 bits per heavy atom. The van der Waals surface area contributed by atoms with Gasteiger partial charge in [0.2, 0.25) is 0 Å². The summed E-state index contributed by atoms with van der Waals surface area (Å²) in [6.07, 6.45) is 20.6. The van der Waals surface area contributed by atoms with E-state index in [0.717, 1.165) is 44.9 Å². The molecule has 0 spiro atoms. The number of rotatable bonds is 34. The van der Waals surface area contributed by atoms with Crippen LogP contribution in [0, 0.1) is 0 Å². The highest BCUT2D eigenvalue weighted by Gasteiger charge is 2.47. The van der Waals surface area contributed by atoms with Gasteiger partial charge in [-0.2, -0.15) is 0 Å². The topological polar surface area (TPSA) is 214 Å². The molecule has 0 aliphatic carbocycles. The molecular formula is C46H80O14.